The van der Waals surface area contributed by atoms with Crippen molar-refractivity contribution in [3.8, 4) is 11.4 Å². The molecule has 3 rings (SSSR count). The summed E-state index contributed by atoms with van der Waals surface area (Å²) < 4.78 is 10.1. The molecule has 27 heavy (non-hydrogen) atoms. The van der Waals surface area contributed by atoms with Crippen LogP contribution in [0, 0.1) is 0 Å². The normalized spacial score (nSPS) is 13.1. The molecule has 8 heteroatoms. The number of amides is 1. The van der Waals surface area contributed by atoms with Crippen molar-refractivity contribution >= 4 is 11.9 Å². The number of aromatic nitrogens is 2. The number of carbonyl (C=O) groups is 2. The van der Waals surface area contributed by atoms with Crippen LogP contribution in [0.1, 0.15) is 24.8 Å². The summed E-state index contributed by atoms with van der Waals surface area (Å²) in [5.41, 5.74) is 0.101. The Bertz CT molecular complexity index is 905. The van der Waals surface area contributed by atoms with E-state index >= 15 is 0 Å². The van der Waals surface area contributed by atoms with Gasteiger partial charge in [-0.05, 0) is 18.6 Å². The molecule has 140 valence electrons. The van der Waals surface area contributed by atoms with E-state index in [1.807, 2.05) is 6.07 Å². The zero-order valence-corrected chi connectivity index (χ0v) is 14.7. The second-order valence-electron chi connectivity index (χ2n) is 6.30. The molecular weight excluding hydrogens is 350 g/mol. The highest BCUT2D eigenvalue weighted by Crippen LogP contribution is 2.23. The molecule has 2 heterocycles. The summed E-state index contributed by atoms with van der Waals surface area (Å²) in [5.74, 6) is -0.579. The Morgan fingerprint density at radius 2 is 2.00 bits per heavy atom. The van der Waals surface area contributed by atoms with Crippen molar-refractivity contribution in [1.29, 1.82) is 0 Å². The van der Waals surface area contributed by atoms with Gasteiger partial charge in [-0.1, -0.05) is 35.5 Å². The highest BCUT2D eigenvalue weighted by atomic mass is 16.5. The lowest BCUT2D eigenvalue weighted by molar-refractivity contribution is -0.143. The minimum Gasteiger partial charge on any atom is -0.481 e. The van der Waals surface area contributed by atoms with Crippen molar-refractivity contribution in [2.24, 2.45) is 0 Å². The average Bonchev–Trinajstić information content (AvgIpc) is 3.36. The minimum atomic E-state index is -1.21. The van der Waals surface area contributed by atoms with Gasteiger partial charge in [0, 0.05) is 19.4 Å². The van der Waals surface area contributed by atoms with Crippen LogP contribution in [-0.4, -0.2) is 33.7 Å². The minimum absolute atomic E-state index is 0.0186. The molecule has 2 aromatic heterocycles. The maximum atomic E-state index is 12.1. The maximum Gasteiger partial charge on any atom is 0.315 e. The number of carboxylic acids is 1. The van der Waals surface area contributed by atoms with E-state index in [2.05, 4.69) is 15.5 Å². The van der Waals surface area contributed by atoms with Crippen molar-refractivity contribution in [2.75, 3.05) is 6.54 Å². The van der Waals surface area contributed by atoms with Crippen LogP contribution in [0.5, 0.6) is 0 Å². The summed E-state index contributed by atoms with van der Waals surface area (Å²) in [6.45, 7) is 1.56. The van der Waals surface area contributed by atoms with Gasteiger partial charge in [0.15, 0.2) is 0 Å². The van der Waals surface area contributed by atoms with E-state index in [1.54, 1.807) is 37.3 Å². The highest BCUT2D eigenvalue weighted by molar-refractivity contribution is 5.83. The molecular formula is C19H19N3O5. The molecule has 0 saturated heterocycles. The van der Waals surface area contributed by atoms with E-state index in [4.69, 9.17) is 8.94 Å². The second kappa shape index (κ2) is 7.86. The Hall–Kier alpha value is -3.42. The van der Waals surface area contributed by atoms with Gasteiger partial charge in [0.1, 0.15) is 11.7 Å². The summed E-state index contributed by atoms with van der Waals surface area (Å²) in [4.78, 5) is 28.1. The first-order valence-electron chi connectivity index (χ1n) is 8.40. The molecule has 0 aliphatic heterocycles. The zero-order chi connectivity index (χ0) is 19.3. The van der Waals surface area contributed by atoms with Gasteiger partial charge in [-0.2, -0.15) is 4.98 Å². The predicted octanol–water partition coefficient (Wildman–Crippen LogP) is 2.42. The Morgan fingerprint density at radius 3 is 2.67 bits per heavy atom. The lowest BCUT2D eigenvalue weighted by atomic mass is 9.82. The number of nitrogens with zero attached hydrogens (tertiary/aromatic N) is 2. The van der Waals surface area contributed by atoms with E-state index in [9.17, 15) is 14.7 Å². The van der Waals surface area contributed by atoms with Crippen molar-refractivity contribution in [2.45, 2.75) is 25.2 Å². The van der Waals surface area contributed by atoms with Crippen LogP contribution in [0.25, 0.3) is 11.4 Å². The van der Waals surface area contributed by atoms with Crippen LogP contribution >= 0.6 is 0 Å². The number of benzene rings is 1. The summed E-state index contributed by atoms with van der Waals surface area (Å²) in [6, 6.07) is 10.5. The van der Waals surface area contributed by atoms with Gasteiger partial charge in [0.2, 0.25) is 17.6 Å². The van der Waals surface area contributed by atoms with Crippen LogP contribution in [-0.2, 0) is 21.4 Å². The van der Waals surface area contributed by atoms with Gasteiger partial charge in [-0.25, -0.2) is 0 Å². The average molecular weight is 369 g/mol. The molecule has 1 unspecified atom stereocenters. The topological polar surface area (TPSA) is 118 Å². The molecule has 0 aliphatic carbocycles. The van der Waals surface area contributed by atoms with E-state index in [0.29, 0.717) is 22.8 Å². The number of carboxylic acid groups (broad SMARTS) is 1. The van der Waals surface area contributed by atoms with Gasteiger partial charge < -0.3 is 19.4 Å². The Balaban J connectivity index is 1.55. The first-order valence-corrected chi connectivity index (χ1v) is 8.40. The largest absolute Gasteiger partial charge is 0.481 e. The maximum absolute atomic E-state index is 12.1. The molecule has 0 fully saturated rings. The van der Waals surface area contributed by atoms with Crippen molar-refractivity contribution in [1.82, 2.24) is 15.5 Å². The molecule has 8 nitrogen and oxygen atoms in total. The van der Waals surface area contributed by atoms with E-state index < -0.39 is 11.4 Å². The molecule has 3 aromatic rings. The van der Waals surface area contributed by atoms with Gasteiger partial charge in [0.25, 0.3) is 0 Å². The Kier molecular flexibility index (Phi) is 5.35. The SMILES string of the molecule is CC(CNC(=O)CCc1nc(-c2ccoc2)no1)(C(=O)O)c1ccccc1. The quantitative estimate of drug-likeness (QED) is 0.626. The van der Waals surface area contributed by atoms with Gasteiger partial charge >= 0.3 is 5.97 Å². The van der Waals surface area contributed by atoms with Crippen LogP contribution in [0.15, 0.2) is 57.9 Å². The molecule has 1 amide bonds. The molecule has 0 aliphatic rings. The van der Waals surface area contributed by atoms with Crippen LogP contribution < -0.4 is 5.32 Å². The molecule has 0 bridgehead atoms. The highest BCUT2D eigenvalue weighted by Gasteiger charge is 2.35. The lowest BCUT2D eigenvalue weighted by Crippen LogP contribution is -2.44. The lowest BCUT2D eigenvalue weighted by Gasteiger charge is -2.25. The Morgan fingerprint density at radius 1 is 1.22 bits per heavy atom. The number of nitrogens with one attached hydrogen (secondary N) is 1. The molecule has 0 radical (unpaired) electrons. The van der Waals surface area contributed by atoms with Gasteiger partial charge in [-0.3, -0.25) is 9.59 Å². The smallest absolute Gasteiger partial charge is 0.315 e. The summed E-state index contributed by atoms with van der Waals surface area (Å²) in [5, 5.41) is 16.1. The molecule has 0 saturated carbocycles. The van der Waals surface area contributed by atoms with Crippen molar-refractivity contribution < 1.29 is 23.6 Å². The van der Waals surface area contributed by atoms with E-state index in [0.717, 1.165) is 0 Å². The van der Waals surface area contributed by atoms with Crippen molar-refractivity contribution in [3.63, 3.8) is 0 Å². The van der Waals surface area contributed by atoms with E-state index in [1.165, 1.54) is 12.5 Å². The number of furan rings is 1. The van der Waals surface area contributed by atoms with Gasteiger partial charge in [0.05, 0.1) is 11.8 Å². The number of carbonyl (C=O) groups excluding carboxylic acids is 1. The molecule has 2 N–H and O–H groups in total. The fourth-order valence-corrected chi connectivity index (χ4v) is 2.56. The first kappa shape index (κ1) is 18.4. The Labute approximate surface area is 155 Å². The third-order valence-electron chi connectivity index (χ3n) is 4.34. The monoisotopic (exact) mass is 369 g/mol. The number of hydrogen-bond acceptors (Lipinski definition) is 6. The third kappa shape index (κ3) is 4.22. The second-order valence-corrected chi connectivity index (χ2v) is 6.30. The van der Waals surface area contributed by atoms with Crippen molar-refractivity contribution in [3.05, 3.63) is 60.4 Å². The number of rotatable bonds is 8. The molecule has 0 spiro atoms. The van der Waals surface area contributed by atoms with Gasteiger partial charge in [-0.15, -0.1) is 0 Å². The summed E-state index contributed by atoms with van der Waals surface area (Å²) >= 11 is 0. The molecule has 1 atom stereocenters. The number of aryl methyl sites for hydroxylation is 1. The number of aliphatic carboxylic acids is 1. The fraction of sp³-hybridized carbons (Fsp3) is 0.263. The summed E-state index contributed by atoms with van der Waals surface area (Å²) in [7, 11) is 0. The third-order valence-corrected chi connectivity index (χ3v) is 4.34. The van der Waals surface area contributed by atoms with Crippen LogP contribution in [0.4, 0.5) is 0 Å². The fourth-order valence-electron chi connectivity index (χ4n) is 2.56. The first-order chi connectivity index (χ1) is 13.0. The predicted molar refractivity (Wildman–Crippen MR) is 94.8 cm³/mol. The number of hydrogen-bond donors (Lipinski definition) is 2. The standard InChI is InChI=1S/C19H19N3O5/c1-19(18(24)25,14-5-3-2-4-6-14)12-20-15(23)7-8-16-21-17(22-27-16)13-9-10-26-11-13/h2-6,9-11H,7-8,12H2,1H3,(H,20,23)(H,24,25). The van der Waals surface area contributed by atoms with Crippen LogP contribution in [0.2, 0.25) is 0 Å². The van der Waals surface area contributed by atoms with Crippen LogP contribution in [0.3, 0.4) is 0 Å². The van der Waals surface area contributed by atoms with E-state index in [-0.39, 0.29) is 25.3 Å². The summed E-state index contributed by atoms with van der Waals surface area (Å²) in [6.07, 6.45) is 3.37. The zero-order valence-electron chi connectivity index (χ0n) is 14.7. The molecule has 1 aromatic carbocycles.